The summed E-state index contributed by atoms with van der Waals surface area (Å²) in [7, 11) is 3.73. The molecule has 0 saturated heterocycles. The van der Waals surface area contributed by atoms with E-state index >= 15 is 0 Å². The Morgan fingerprint density at radius 2 is 2.47 bits per heavy atom. The van der Waals surface area contributed by atoms with E-state index in [0.717, 1.165) is 29.6 Å². The van der Waals surface area contributed by atoms with E-state index < -0.39 is 0 Å². The van der Waals surface area contributed by atoms with Gasteiger partial charge in [-0.05, 0) is 0 Å². The Morgan fingerprint density at radius 3 is 3.11 bits per heavy atom. The van der Waals surface area contributed by atoms with Crippen molar-refractivity contribution in [2.45, 2.75) is 13.0 Å². The van der Waals surface area contributed by atoms with E-state index in [2.05, 4.69) is 20.4 Å². The average Bonchev–Trinajstić information content (AvgIpc) is 3.07. The molecule has 0 aliphatic carbocycles. The zero-order valence-electron chi connectivity index (χ0n) is 11.0. The Balaban J connectivity index is 1.79. The fourth-order valence-corrected chi connectivity index (χ4v) is 2.30. The molecule has 102 valence electrons. The average molecular weight is 279 g/mol. The molecule has 0 aliphatic rings. The maximum absolute atomic E-state index is 4.82. The Morgan fingerprint density at radius 1 is 1.58 bits per heavy atom. The van der Waals surface area contributed by atoms with E-state index in [1.54, 1.807) is 24.6 Å². The van der Waals surface area contributed by atoms with Gasteiger partial charge in [-0.15, -0.1) is 11.3 Å². The predicted octanol–water partition coefficient (Wildman–Crippen LogP) is 1.38. The maximum Gasteiger partial charge on any atom is 0.193 e. The second kappa shape index (κ2) is 6.89. The standard InChI is InChI=1S/C12H17N5OS/c1-13-12(15-5-3-11-14-6-8-19-11)17(2)9-10-4-7-18-16-10/h4,6-8H,3,5,9H2,1-2H3,(H,13,15). The highest BCUT2D eigenvalue weighted by Gasteiger charge is 2.08. The first kappa shape index (κ1) is 13.5. The van der Waals surface area contributed by atoms with Crippen LogP contribution in [0.25, 0.3) is 0 Å². The molecular weight excluding hydrogens is 262 g/mol. The predicted molar refractivity (Wildman–Crippen MR) is 75.1 cm³/mol. The quantitative estimate of drug-likeness (QED) is 0.661. The minimum atomic E-state index is 0.660. The van der Waals surface area contributed by atoms with Crippen molar-refractivity contribution in [3.05, 3.63) is 34.6 Å². The molecule has 0 spiro atoms. The molecule has 1 N–H and O–H groups in total. The molecule has 0 atom stereocenters. The Kier molecular flexibility index (Phi) is 4.91. The molecule has 0 radical (unpaired) electrons. The van der Waals surface area contributed by atoms with Crippen molar-refractivity contribution >= 4 is 17.3 Å². The summed E-state index contributed by atoms with van der Waals surface area (Å²) in [6.07, 6.45) is 4.29. The lowest BCUT2D eigenvalue weighted by Crippen LogP contribution is -2.39. The monoisotopic (exact) mass is 279 g/mol. The van der Waals surface area contributed by atoms with E-state index in [-0.39, 0.29) is 0 Å². The Labute approximate surface area is 116 Å². The third-order valence-electron chi connectivity index (χ3n) is 2.57. The molecule has 0 amide bonds. The lowest BCUT2D eigenvalue weighted by atomic mass is 10.4. The molecule has 7 heteroatoms. The maximum atomic E-state index is 4.82. The van der Waals surface area contributed by atoms with Crippen LogP contribution in [-0.2, 0) is 13.0 Å². The van der Waals surface area contributed by atoms with E-state index in [0.29, 0.717) is 6.54 Å². The van der Waals surface area contributed by atoms with Gasteiger partial charge in [0, 0.05) is 44.7 Å². The van der Waals surface area contributed by atoms with Crippen LogP contribution in [0.4, 0.5) is 0 Å². The van der Waals surface area contributed by atoms with Crippen molar-refractivity contribution < 1.29 is 4.52 Å². The largest absolute Gasteiger partial charge is 0.364 e. The van der Waals surface area contributed by atoms with Gasteiger partial charge in [0.2, 0.25) is 0 Å². The Hall–Kier alpha value is -1.89. The first-order chi connectivity index (χ1) is 9.29. The number of nitrogens with one attached hydrogen (secondary N) is 1. The summed E-state index contributed by atoms with van der Waals surface area (Å²) in [5.74, 6) is 0.833. The van der Waals surface area contributed by atoms with Gasteiger partial charge in [-0.3, -0.25) is 4.99 Å². The van der Waals surface area contributed by atoms with Crippen LogP contribution < -0.4 is 5.32 Å². The first-order valence-corrected chi connectivity index (χ1v) is 6.87. The SMILES string of the molecule is CN=C(NCCc1nccs1)N(C)Cc1ccon1. The van der Waals surface area contributed by atoms with Crippen molar-refractivity contribution in [1.82, 2.24) is 20.4 Å². The molecule has 0 aliphatic heterocycles. The molecule has 2 heterocycles. The van der Waals surface area contributed by atoms with Crippen molar-refractivity contribution in [2.75, 3.05) is 20.6 Å². The number of aliphatic imine (C=N–C) groups is 1. The van der Waals surface area contributed by atoms with E-state index in [4.69, 9.17) is 4.52 Å². The minimum absolute atomic E-state index is 0.660. The van der Waals surface area contributed by atoms with Crippen molar-refractivity contribution in [3.63, 3.8) is 0 Å². The minimum Gasteiger partial charge on any atom is -0.364 e. The topological polar surface area (TPSA) is 66.6 Å². The molecule has 0 aromatic carbocycles. The third kappa shape index (κ3) is 4.06. The number of rotatable bonds is 5. The normalized spacial score (nSPS) is 11.6. The molecule has 2 aromatic rings. The zero-order chi connectivity index (χ0) is 13.5. The van der Waals surface area contributed by atoms with Gasteiger partial charge in [-0.25, -0.2) is 4.98 Å². The molecule has 2 rings (SSSR count). The van der Waals surface area contributed by atoms with Crippen LogP contribution in [0.5, 0.6) is 0 Å². The second-order valence-electron chi connectivity index (χ2n) is 4.00. The van der Waals surface area contributed by atoms with E-state index in [1.165, 1.54) is 0 Å². The molecular formula is C12H17N5OS. The van der Waals surface area contributed by atoms with Crippen LogP contribution in [0.15, 0.2) is 33.4 Å². The van der Waals surface area contributed by atoms with Gasteiger partial charge in [0.15, 0.2) is 5.96 Å². The lowest BCUT2D eigenvalue weighted by molar-refractivity contribution is 0.391. The van der Waals surface area contributed by atoms with E-state index in [1.807, 2.05) is 29.6 Å². The van der Waals surface area contributed by atoms with Crippen LogP contribution in [0.1, 0.15) is 10.7 Å². The lowest BCUT2D eigenvalue weighted by Gasteiger charge is -2.20. The zero-order valence-corrected chi connectivity index (χ0v) is 11.9. The van der Waals surface area contributed by atoms with Crippen molar-refractivity contribution in [2.24, 2.45) is 4.99 Å². The van der Waals surface area contributed by atoms with Crippen LogP contribution in [0.3, 0.4) is 0 Å². The van der Waals surface area contributed by atoms with Crippen LogP contribution in [-0.4, -0.2) is 41.6 Å². The summed E-state index contributed by atoms with van der Waals surface area (Å²) in [6, 6.07) is 1.85. The number of nitrogens with zero attached hydrogens (tertiary/aromatic N) is 4. The van der Waals surface area contributed by atoms with Crippen LogP contribution in [0, 0.1) is 0 Å². The van der Waals surface area contributed by atoms with Gasteiger partial charge >= 0.3 is 0 Å². The molecule has 6 nitrogen and oxygen atoms in total. The number of hydrogen-bond donors (Lipinski definition) is 1. The van der Waals surface area contributed by atoms with Gasteiger partial charge in [0.05, 0.1) is 11.6 Å². The fraction of sp³-hybridized carbons (Fsp3) is 0.417. The molecule has 0 unspecified atom stereocenters. The third-order valence-corrected chi connectivity index (χ3v) is 3.41. The summed E-state index contributed by atoms with van der Waals surface area (Å²) in [5, 5.41) is 10.3. The Bertz CT molecular complexity index is 494. The molecule has 0 fully saturated rings. The molecule has 19 heavy (non-hydrogen) atoms. The highest BCUT2D eigenvalue weighted by molar-refractivity contribution is 7.09. The fourth-order valence-electron chi connectivity index (χ4n) is 1.68. The van der Waals surface area contributed by atoms with Crippen molar-refractivity contribution in [3.8, 4) is 0 Å². The number of hydrogen-bond acceptors (Lipinski definition) is 5. The number of guanidine groups is 1. The van der Waals surface area contributed by atoms with Gasteiger partial charge in [-0.2, -0.15) is 0 Å². The molecule has 0 bridgehead atoms. The van der Waals surface area contributed by atoms with Gasteiger partial charge in [0.25, 0.3) is 0 Å². The van der Waals surface area contributed by atoms with Crippen LogP contribution in [0.2, 0.25) is 0 Å². The summed E-state index contributed by atoms with van der Waals surface area (Å²) in [4.78, 5) is 10.5. The number of aromatic nitrogens is 2. The number of thiazole rings is 1. The highest BCUT2D eigenvalue weighted by atomic mass is 32.1. The smallest absolute Gasteiger partial charge is 0.193 e. The van der Waals surface area contributed by atoms with Crippen molar-refractivity contribution in [1.29, 1.82) is 0 Å². The summed E-state index contributed by atoms with van der Waals surface area (Å²) >= 11 is 1.67. The molecule has 0 saturated carbocycles. The highest BCUT2D eigenvalue weighted by Crippen LogP contribution is 2.04. The summed E-state index contributed by atoms with van der Waals surface area (Å²) < 4.78 is 4.82. The first-order valence-electron chi connectivity index (χ1n) is 5.99. The molecule has 2 aromatic heterocycles. The summed E-state index contributed by atoms with van der Waals surface area (Å²) in [5.41, 5.74) is 0.880. The second-order valence-corrected chi connectivity index (χ2v) is 4.98. The van der Waals surface area contributed by atoms with Crippen LogP contribution >= 0.6 is 11.3 Å². The van der Waals surface area contributed by atoms with Gasteiger partial charge in [0.1, 0.15) is 12.0 Å². The van der Waals surface area contributed by atoms with Gasteiger partial charge in [-0.1, -0.05) is 5.16 Å². The summed E-state index contributed by atoms with van der Waals surface area (Å²) in [6.45, 7) is 1.47. The van der Waals surface area contributed by atoms with Gasteiger partial charge < -0.3 is 14.7 Å². The van der Waals surface area contributed by atoms with E-state index in [9.17, 15) is 0 Å².